The minimum atomic E-state index is -1.03. The predicted octanol–water partition coefficient (Wildman–Crippen LogP) is 7.39. The molecule has 1 atom stereocenters. The van der Waals surface area contributed by atoms with Crippen LogP contribution in [0, 0.1) is 0 Å². The molecule has 61 heavy (non-hydrogen) atoms. The zero-order chi connectivity index (χ0) is 43.5. The SMILES string of the molecule is C=C(C)CN(Cc1ncc(-c2ccc3cc(-c4ccc(-c5cnc(CN(CCC)C(=O)[C@H](NC(=O)OC)c6ccccc6OC)[nH]5)cc4)ccc3c2)[nH]1)C(=O)CNC(=O)OC. The van der Waals surface area contributed by atoms with Crippen molar-refractivity contribution in [1.82, 2.24) is 40.4 Å². The molecular formula is C46H50N8O7. The van der Waals surface area contributed by atoms with Crippen LogP contribution >= 0.6 is 0 Å². The summed E-state index contributed by atoms with van der Waals surface area (Å²) >= 11 is 0. The molecule has 2 aromatic heterocycles. The third-order valence-electron chi connectivity index (χ3n) is 9.95. The highest BCUT2D eigenvalue weighted by Crippen LogP contribution is 2.31. The van der Waals surface area contributed by atoms with Crippen molar-refractivity contribution in [2.45, 2.75) is 39.4 Å². The molecule has 0 aliphatic heterocycles. The largest absolute Gasteiger partial charge is 0.496 e. The molecule has 15 heteroatoms. The number of hydrogen-bond donors (Lipinski definition) is 4. The topological polar surface area (TPSA) is 184 Å². The number of hydrogen-bond acceptors (Lipinski definition) is 9. The summed E-state index contributed by atoms with van der Waals surface area (Å²) in [6, 6.07) is 26.7. The summed E-state index contributed by atoms with van der Waals surface area (Å²) in [7, 11) is 4.01. The molecule has 0 saturated carbocycles. The minimum Gasteiger partial charge on any atom is -0.496 e. The van der Waals surface area contributed by atoms with Gasteiger partial charge >= 0.3 is 12.2 Å². The molecule has 0 saturated heterocycles. The van der Waals surface area contributed by atoms with E-state index in [-0.39, 0.29) is 31.4 Å². The van der Waals surface area contributed by atoms with Gasteiger partial charge in [-0.05, 0) is 59.0 Å². The molecule has 2 heterocycles. The normalized spacial score (nSPS) is 11.4. The van der Waals surface area contributed by atoms with Crippen LogP contribution in [0.15, 0.2) is 109 Å². The average Bonchev–Trinajstić information content (AvgIpc) is 3.96. The van der Waals surface area contributed by atoms with E-state index in [2.05, 4.69) is 84.3 Å². The van der Waals surface area contributed by atoms with E-state index in [1.54, 1.807) is 46.5 Å². The Kier molecular flexibility index (Phi) is 14.2. The van der Waals surface area contributed by atoms with E-state index in [4.69, 9.17) is 9.47 Å². The molecule has 4 aromatic carbocycles. The quantitative estimate of drug-likeness (QED) is 0.0681. The van der Waals surface area contributed by atoms with Gasteiger partial charge in [-0.15, -0.1) is 0 Å². The summed E-state index contributed by atoms with van der Waals surface area (Å²) < 4.78 is 14.9. The number of alkyl carbamates (subject to hydrolysis) is 2. The van der Waals surface area contributed by atoms with Crippen LogP contribution in [0.25, 0.3) is 44.4 Å². The lowest BCUT2D eigenvalue weighted by Gasteiger charge is -2.27. The van der Waals surface area contributed by atoms with Crippen molar-refractivity contribution in [3.63, 3.8) is 0 Å². The smallest absolute Gasteiger partial charge is 0.407 e. The van der Waals surface area contributed by atoms with Crippen molar-refractivity contribution in [2.24, 2.45) is 0 Å². The van der Waals surface area contributed by atoms with E-state index in [1.165, 1.54) is 21.3 Å². The molecule has 0 aliphatic carbocycles. The number of benzene rings is 4. The summed E-state index contributed by atoms with van der Waals surface area (Å²) in [4.78, 5) is 69.8. The molecule has 15 nitrogen and oxygen atoms in total. The van der Waals surface area contributed by atoms with Crippen molar-refractivity contribution in [3.05, 3.63) is 127 Å². The number of carbonyl (C=O) groups excluding carboxylic acids is 4. The number of nitrogens with zero attached hydrogens (tertiary/aromatic N) is 4. The number of ether oxygens (including phenoxy) is 3. The van der Waals surface area contributed by atoms with Gasteiger partial charge in [0.25, 0.3) is 0 Å². The van der Waals surface area contributed by atoms with E-state index in [0.29, 0.717) is 42.5 Å². The van der Waals surface area contributed by atoms with E-state index >= 15 is 0 Å². The fraction of sp³-hybridized carbons (Fsp3) is 0.261. The second-order valence-corrected chi connectivity index (χ2v) is 14.5. The Hall–Kier alpha value is -7.42. The predicted molar refractivity (Wildman–Crippen MR) is 232 cm³/mol. The number of aromatic nitrogens is 4. The zero-order valence-electron chi connectivity index (χ0n) is 34.9. The molecule has 0 spiro atoms. The molecule has 316 valence electrons. The van der Waals surface area contributed by atoms with Gasteiger partial charge in [0.15, 0.2) is 0 Å². The molecule has 4 N–H and O–H groups in total. The minimum absolute atomic E-state index is 0.201. The summed E-state index contributed by atoms with van der Waals surface area (Å²) in [5.74, 6) is 1.07. The maximum atomic E-state index is 14.0. The molecule has 6 aromatic rings. The summed E-state index contributed by atoms with van der Waals surface area (Å²) in [5, 5.41) is 7.23. The molecule has 4 amide bonds. The number of imidazole rings is 2. The first-order valence-electron chi connectivity index (χ1n) is 19.7. The number of carbonyl (C=O) groups is 4. The maximum Gasteiger partial charge on any atom is 0.407 e. The maximum absolute atomic E-state index is 14.0. The number of para-hydroxylation sites is 1. The van der Waals surface area contributed by atoms with Gasteiger partial charge in [-0.1, -0.05) is 85.8 Å². The first-order valence-corrected chi connectivity index (χ1v) is 19.7. The Balaban J connectivity index is 1.13. The molecule has 6 rings (SSSR count). The van der Waals surface area contributed by atoms with Gasteiger partial charge in [-0.2, -0.15) is 0 Å². The Labute approximate surface area is 354 Å². The van der Waals surface area contributed by atoms with Crippen LogP contribution in [0.2, 0.25) is 0 Å². The monoisotopic (exact) mass is 826 g/mol. The second kappa shape index (κ2) is 20.0. The average molecular weight is 827 g/mol. The highest BCUT2D eigenvalue weighted by molar-refractivity contribution is 5.91. The Morgan fingerprint density at radius 3 is 1.93 bits per heavy atom. The van der Waals surface area contributed by atoms with Gasteiger partial charge in [0.05, 0.1) is 58.2 Å². The van der Waals surface area contributed by atoms with Gasteiger partial charge in [0, 0.05) is 24.2 Å². The number of fused-ring (bicyclic) bond motifs is 1. The van der Waals surface area contributed by atoms with E-state index in [9.17, 15) is 19.2 Å². The van der Waals surface area contributed by atoms with E-state index < -0.39 is 18.2 Å². The highest BCUT2D eigenvalue weighted by atomic mass is 16.5. The van der Waals surface area contributed by atoms with Crippen LogP contribution in [0.1, 0.15) is 43.5 Å². The Morgan fingerprint density at radius 1 is 0.738 bits per heavy atom. The lowest BCUT2D eigenvalue weighted by Crippen LogP contribution is -2.43. The van der Waals surface area contributed by atoms with Crippen LogP contribution in [-0.4, -0.2) is 94.7 Å². The number of rotatable bonds is 17. The molecule has 0 fully saturated rings. The zero-order valence-corrected chi connectivity index (χ0v) is 34.9. The second-order valence-electron chi connectivity index (χ2n) is 14.5. The van der Waals surface area contributed by atoms with E-state index in [1.807, 2.05) is 32.0 Å². The van der Waals surface area contributed by atoms with Crippen LogP contribution in [0.4, 0.5) is 9.59 Å². The third-order valence-corrected chi connectivity index (χ3v) is 9.95. The molecule has 0 radical (unpaired) electrons. The molecule has 0 bridgehead atoms. The summed E-state index contributed by atoms with van der Waals surface area (Å²) in [6.07, 6.45) is 2.78. The van der Waals surface area contributed by atoms with Crippen molar-refractivity contribution in [2.75, 3.05) is 41.0 Å². The van der Waals surface area contributed by atoms with Crippen LogP contribution in [0.5, 0.6) is 5.75 Å². The van der Waals surface area contributed by atoms with Gasteiger partial charge in [-0.3, -0.25) is 9.59 Å². The lowest BCUT2D eigenvalue weighted by molar-refractivity contribution is -0.134. The van der Waals surface area contributed by atoms with Gasteiger partial charge < -0.3 is 44.6 Å². The Bertz CT molecular complexity index is 2510. The first kappa shape index (κ1) is 43.2. The third kappa shape index (κ3) is 10.8. The van der Waals surface area contributed by atoms with Crippen molar-refractivity contribution >= 4 is 34.8 Å². The summed E-state index contributed by atoms with van der Waals surface area (Å²) in [5.41, 5.74) is 6.92. The van der Waals surface area contributed by atoms with Crippen LogP contribution in [-0.2, 0) is 32.2 Å². The number of aromatic amines is 2. The molecule has 0 aliphatic rings. The van der Waals surface area contributed by atoms with Crippen molar-refractivity contribution in [1.29, 1.82) is 0 Å². The fourth-order valence-corrected chi connectivity index (χ4v) is 6.94. The standard InChI is InChI=1S/C46H50N8O7/c1-7-20-53(44(56)43(52-46(58)61-6)36-10-8-9-11-39(36)59-4)27-40-47-23-37(50-40)31-14-12-30(13-15-31)32-16-17-34-22-35(19-18-33(34)21-32)38-24-48-41(51-38)28-54(26-29(2)3)42(55)25-49-45(57)60-5/h8-19,21-24,43H,2,7,20,25-28H2,1,3-6H3,(H,47,50)(H,48,51)(H,49,57)(H,52,58)/t43-/m1/s1. The highest BCUT2D eigenvalue weighted by Gasteiger charge is 2.30. The van der Waals surface area contributed by atoms with E-state index in [0.717, 1.165) is 50.0 Å². The van der Waals surface area contributed by atoms with Crippen molar-refractivity contribution in [3.8, 4) is 39.4 Å². The first-order chi connectivity index (χ1) is 29.5. The lowest BCUT2D eigenvalue weighted by atomic mass is 9.98. The fourth-order valence-electron chi connectivity index (χ4n) is 6.94. The van der Waals surface area contributed by atoms with Gasteiger partial charge in [-0.25, -0.2) is 19.6 Å². The van der Waals surface area contributed by atoms with Gasteiger partial charge in [0.2, 0.25) is 11.8 Å². The van der Waals surface area contributed by atoms with Crippen LogP contribution < -0.4 is 15.4 Å². The van der Waals surface area contributed by atoms with Crippen molar-refractivity contribution < 1.29 is 33.4 Å². The number of nitrogens with one attached hydrogen (secondary N) is 4. The Morgan fingerprint density at radius 2 is 1.31 bits per heavy atom. The molecule has 0 unspecified atom stereocenters. The molecular weight excluding hydrogens is 777 g/mol. The number of methoxy groups -OCH3 is 3. The summed E-state index contributed by atoms with van der Waals surface area (Å²) in [6.45, 7) is 8.71. The van der Waals surface area contributed by atoms with Gasteiger partial charge in [0.1, 0.15) is 30.0 Å². The number of H-pyrrole nitrogens is 2. The number of amides is 4. The van der Waals surface area contributed by atoms with Crippen LogP contribution in [0.3, 0.4) is 0 Å².